The number of hydrogen-bond acceptors (Lipinski definition) is 1. The Bertz CT molecular complexity index is 421. The monoisotopic (exact) mass is 255 g/mol. The summed E-state index contributed by atoms with van der Waals surface area (Å²) in [6.07, 6.45) is 7.58. The average Bonchev–Trinajstić information content (AvgIpc) is 2.46. The lowest BCUT2D eigenvalue weighted by molar-refractivity contribution is 0.441. The molecular weight excluding hydrogens is 234 g/mol. The summed E-state index contributed by atoms with van der Waals surface area (Å²) in [5, 5.41) is 8.80. The van der Waals surface area contributed by atoms with Crippen LogP contribution >= 0.6 is 0 Å². The Balaban J connectivity index is 1.88. The second-order valence-electron chi connectivity index (χ2n) is 5.32. The quantitative estimate of drug-likeness (QED) is 0.593. The molecule has 0 aliphatic heterocycles. The number of hydrogen-bond donors (Lipinski definition) is 0. The van der Waals surface area contributed by atoms with Gasteiger partial charge < -0.3 is 0 Å². The zero-order valence-electron chi connectivity index (χ0n) is 10.9. The van der Waals surface area contributed by atoms with Crippen molar-refractivity contribution in [2.75, 3.05) is 0 Å². The number of benzene rings is 1. The molecule has 0 N–H and O–H groups in total. The van der Waals surface area contributed by atoms with Crippen molar-refractivity contribution in [1.82, 2.24) is 0 Å². The van der Waals surface area contributed by atoms with E-state index in [4.69, 9.17) is 5.26 Å². The van der Waals surface area contributed by atoms with Crippen molar-refractivity contribution in [3.63, 3.8) is 0 Å². The molecule has 0 heterocycles. The lowest BCUT2D eigenvalue weighted by Gasteiger charge is -2.28. The van der Waals surface area contributed by atoms with Crippen LogP contribution in [0.1, 0.15) is 42.7 Å². The second kappa shape index (κ2) is 6.56. The minimum atomic E-state index is 0.0917. The van der Waals surface area contributed by atoms with Crippen LogP contribution < -0.4 is 0 Å². The van der Waals surface area contributed by atoms with Crippen molar-refractivity contribution >= 4 is 9.52 Å². The van der Waals surface area contributed by atoms with Gasteiger partial charge >= 0.3 is 0 Å². The van der Waals surface area contributed by atoms with Crippen molar-refractivity contribution in [3.8, 4) is 6.07 Å². The maximum absolute atomic E-state index is 8.80. The fourth-order valence-corrected chi connectivity index (χ4v) is 4.72. The van der Waals surface area contributed by atoms with Crippen molar-refractivity contribution in [3.05, 3.63) is 48.0 Å². The Kier molecular flexibility index (Phi) is 4.78. The first kappa shape index (κ1) is 13.1. The van der Waals surface area contributed by atoms with Crippen LogP contribution in [0.4, 0.5) is 0 Å². The van der Waals surface area contributed by atoms with E-state index in [0.717, 1.165) is 17.0 Å². The van der Waals surface area contributed by atoms with E-state index in [1.54, 1.807) is 0 Å². The van der Waals surface area contributed by atoms with E-state index < -0.39 is 0 Å². The smallest absolute Gasteiger partial charge is 0.0991 e. The Morgan fingerprint density at radius 1 is 1.22 bits per heavy atom. The zero-order valence-corrected chi connectivity index (χ0v) is 12.4. The van der Waals surface area contributed by atoms with Gasteiger partial charge in [-0.2, -0.15) is 5.26 Å². The number of allylic oxidation sites excluding steroid dienone is 1. The third-order valence-electron chi connectivity index (χ3n) is 4.14. The van der Waals surface area contributed by atoms with E-state index >= 15 is 0 Å². The maximum atomic E-state index is 8.80. The van der Waals surface area contributed by atoms with Gasteiger partial charge in [0.25, 0.3) is 0 Å². The average molecular weight is 255 g/mol. The van der Waals surface area contributed by atoms with Gasteiger partial charge in [-0.3, -0.25) is 0 Å². The topological polar surface area (TPSA) is 23.8 Å². The van der Waals surface area contributed by atoms with E-state index in [1.807, 2.05) is 12.1 Å². The minimum absolute atomic E-state index is 0.0917. The molecule has 1 nitrogen and oxygen atoms in total. The van der Waals surface area contributed by atoms with Gasteiger partial charge in [-0.25, -0.2) is 0 Å². The first-order valence-corrected chi connectivity index (χ1v) is 8.76. The van der Waals surface area contributed by atoms with E-state index in [0.29, 0.717) is 0 Å². The highest BCUT2D eigenvalue weighted by molar-refractivity contribution is 6.38. The first-order valence-electron chi connectivity index (χ1n) is 6.94. The Morgan fingerprint density at radius 2 is 1.89 bits per heavy atom. The fraction of sp³-hybridized carbons (Fsp3) is 0.438. The molecule has 0 radical (unpaired) electrons. The molecular formula is C16H21NSi. The third kappa shape index (κ3) is 3.33. The number of nitrogens with zero attached hydrogens (tertiary/aromatic N) is 1. The molecule has 94 valence electrons. The van der Waals surface area contributed by atoms with Gasteiger partial charge in [0.1, 0.15) is 0 Å². The Hall–Kier alpha value is -1.33. The molecule has 18 heavy (non-hydrogen) atoms. The second-order valence-corrected chi connectivity index (χ2v) is 7.63. The maximum Gasteiger partial charge on any atom is 0.0991 e. The molecule has 1 fully saturated rings. The summed E-state index contributed by atoms with van der Waals surface area (Å²) in [5.74, 6) is 0.728. The normalized spacial score (nSPS) is 23.9. The van der Waals surface area contributed by atoms with Gasteiger partial charge in [-0.1, -0.05) is 36.6 Å². The molecule has 0 spiro atoms. The van der Waals surface area contributed by atoms with Crippen LogP contribution in [0.3, 0.4) is 0 Å². The van der Waals surface area contributed by atoms with Crippen LogP contribution in [0.2, 0.25) is 11.6 Å². The number of nitriles is 1. The molecule has 1 aromatic carbocycles. The van der Waals surface area contributed by atoms with Crippen LogP contribution in [0, 0.1) is 11.3 Å². The van der Waals surface area contributed by atoms with E-state index in [1.165, 1.54) is 37.3 Å². The molecule has 1 aromatic rings. The predicted octanol–water partition coefficient (Wildman–Crippen LogP) is 3.78. The van der Waals surface area contributed by atoms with Crippen molar-refractivity contribution in [2.24, 2.45) is 0 Å². The van der Waals surface area contributed by atoms with E-state index in [9.17, 15) is 0 Å². The van der Waals surface area contributed by atoms with E-state index in [2.05, 4.69) is 30.9 Å². The molecule has 0 atom stereocenters. The zero-order chi connectivity index (χ0) is 12.8. The molecule has 2 rings (SSSR count). The van der Waals surface area contributed by atoms with Crippen molar-refractivity contribution in [1.29, 1.82) is 5.26 Å². The van der Waals surface area contributed by atoms with Gasteiger partial charge in [-0.05, 0) is 42.5 Å². The molecule has 0 unspecified atom stereocenters. The van der Waals surface area contributed by atoms with Crippen LogP contribution in [0.15, 0.2) is 36.9 Å². The van der Waals surface area contributed by atoms with Crippen LogP contribution in [-0.2, 0) is 0 Å². The van der Waals surface area contributed by atoms with E-state index in [-0.39, 0.29) is 9.52 Å². The van der Waals surface area contributed by atoms with Gasteiger partial charge in [0.05, 0.1) is 11.6 Å². The Morgan fingerprint density at radius 3 is 2.44 bits per heavy atom. The summed E-state index contributed by atoms with van der Waals surface area (Å²) in [5.41, 5.74) is 3.24. The highest BCUT2D eigenvalue weighted by Gasteiger charge is 2.21. The summed E-state index contributed by atoms with van der Waals surface area (Å²) >= 11 is 0. The predicted molar refractivity (Wildman–Crippen MR) is 79.7 cm³/mol. The molecule has 0 aromatic heterocycles. The van der Waals surface area contributed by atoms with Crippen LogP contribution in [-0.4, -0.2) is 9.52 Å². The first-order chi connectivity index (χ1) is 8.83. The van der Waals surface area contributed by atoms with Crippen molar-refractivity contribution in [2.45, 2.75) is 43.2 Å². The third-order valence-corrected chi connectivity index (χ3v) is 6.51. The van der Waals surface area contributed by atoms with Gasteiger partial charge in [0, 0.05) is 9.52 Å². The van der Waals surface area contributed by atoms with Gasteiger partial charge in [0.15, 0.2) is 0 Å². The summed E-state index contributed by atoms with van der Waals surface area (Å²) in [6, 6.07) is 11.7. The summed E-state index contributed by atoms with van der Waals surface area (Å²) in [6.45, 7) is 3.83. The lowest BCUT2D eigenvalue weighted by Crippen LogP contribution is -2.13. The molecule has 1 aliphatic rings. The summed E-state index contributed by atoms with van der Waals surface area (Å²) < 4.78 is 0. The summed E-state index contributed by atoms with van der Waals surface area (Å²) in [7, 11) is 0.0917. The fourth-order valence-electron chi connectivity index (χ4n) is 2.97. The largest absolute Gasteiger partial charge is 0.192 e. The molecule has 0 bridgehead atoms. The highest BCUT2D eigenvalue weighted by atomic mass is 28.2. The Labute approximate surface area is 112 Å². The standard InChI is InChI=1S/C16H21NSi/c1-2-11-18-16-9-7-15(8-10-16)14-5-3-13(12-17)4-6-14/h2-6,15-16H,1,7-11,18H2. The van der Waals surface area contributed by atoms with Gasteiger partial charge in [0.2, 0.25) is 0 Å². The van der Waals surface area contributed by atoms with Crippen LogP contribution in [0.5, 0.6) is 0 Å². The highest BCUT2D eigenvalue weighted by Crippen LogP contribution is 2.38. The van der Waals surface area contributed by atoms with Gasteiger partial charge in [-0.15, -0.1) is 6.58 Å². The van der Waals surface area contributed by atoms with Crippen LogP contribution in [0.25, 0.3) is 0 Å². The molecule has 0 saturated heterocycles. The molecule has 0 amide bonds. The SMILES string of the molecule is C=CC[SiH2]C1CCC(c2ccc(C#N)cc2)CC1. The molecule has 2 heteroatoms. The minimum Gasteiger partial charge on any atom is -0.192 e. The lowest BCUT2D eigenvalue weighted by atomic mass is 9.83. The molecule has 1 saturated carbocycles. The molecule has 1 aliphatic carbocycles. The van der Waals surface area contributed by atoms with Crippen molar-refractivity contribution < 1.29 is 0 Å². The summed E-state index contributed by atoms with van der Waals surface area (Å²) in [4.78, 5) is 0. The number of rotatable bonds is 4.